The zero-order valence-corrected chi connectivity index (χ0v) is 27.6. The van der Waals surface area contributed by atoms with Gasteiger partial charge >= 0.3 is 0 Å². The second kappa shape index (κ2) is 11.0. The highest BCUT2D eigenvalue weighted by atomic mass is 32.1. The molecule has 0 saturated heterocycles. The lowest BCUT2D eigenvalue weighted by atomic mass is 9.98. The van der Waals surface area contributed by atoms with Crippen molar-refractivity contribution in [3.8, 4) is 44.5 Å². The highest BCUT2D eigenvalue weighted by Gasteiger charge is 2.15. The Kier molecular flexibility index (Phi) is 6.33. The van der Waals surface area contributed by atoms with Gasteiger partial charge in [0.1, 0.15) is 0 Å². The molecule has 2 aromatic heterocycles. The van der Waals surface area contributed by atoms with Crippen LogP contribution in [0.15, 0.2) is 170 Å². The number of thiophene rings is 2. The van der Waals surface area contributed by atoms with E-state index in [2.05, 4.69) is 170 Å². The van der Waals surface area contributed by atoms with Crippen LogP contribution in [0.3, 0.4) is 0 Å². The van der Waals surface area contributed by atoms with Crippen LogP contribution >= 0.6 is 22.7 Å². The van der Waals surface area contributed by atoms with Gasteiger partial charge in [-0.1, -0.05) is 146 Å². The summed E-state index contributed by atoms with van der Waals surface area (Å²) in [6.07, 6.45) is 0. The van der Waals surface area contributed by atoms with Gasteiger partial charge in [-0.2, -0.15) is 0 Å². The van der Waals surface area contributed by atoms with E-state index in [1.807, 2.05) is 22.7 Å². The second-order valence-corrected chi connectivity index (χ2v) is 14.6. The lowest BCUT2D eigenvalue weighted by Gasteiger charge is -2.06. The minimum absolute atomic E-state index is 1.24. The van der Waals surface area contributed by atoms with Crippen LogP contribution in [0.1, 0.15) is 0 Å². The van der Waals surface area contributed by atoms with Crippen molar-refractivity contribution >= 4 is 73.8 Å². The third-order valence-corrected chi connectivity index (χ3v) is 12.2. The lowest BCUT2D eigenvalue weighted by Crippen LogP contribution is -1.80. The predicted octanol–water partition coefficient (Wildman–Crippen LogP) is 14.2. The fraction of sp³-hybridized carbons (Fsp3) is 0. The predicted molar refractivity (Wildman–Crippen MR) is 211 cm³/mol. The quantitative estimate of drug-likeness (QED) is 0.179. The van der Waals surface area contributed by atoms with Crippen LogP contribution in [0, 0.1) is 0 Å². The summed E-state index contributed by atoms with van der Waals surface area (Å²) in [4.78, 5) is 0. The summed E-state index contributed by atoms with van der Waals surface area (Å²) in [6.45, 7) is 0. The van der Waals surface area contributed by atoms with E-state index in [0.717, 1.165) is 0 Å². The van der Waals surface area contributed by atoms with Crippen molar-refractivity contribution < 1.29 is 0 Å². The molecule has 0 saturated carbocycles. The number of hydrogen-bond acceptors (Lipinski definition) is 2. The summed E-state index contributed by atoms with van der Waals surface area (Å²) in [6, 6.07) is 62.4. The number of rotatable bonds is 4. The molecule has 48 heavy (non-hydrogen) atoms. The lowest BCUT2D eigenvalue weighted by molar-refractivity contribution is 1.60. The molecule has 10 rings (SSSR count). The van der Waals surface area contributed by atoms with Crippen LogP contribution in [0.5, 0.6) is 0 Å². The molecule has 0 spiro atoms. The number of fused-ring (bicyclic) bond motifs is 9. The van der Waals surface area contributed by atoms with Crippen LogP contribution < -0.4 is 0 Å². The molecule has 0 bridgehead atoms. The molecular weight excluding hydrogens is 617 g/mol. The van der Waals surface area contributed by atoms with Crippen molar-refractivity contribution in [1.29, 1.82) is 0 Å². The average Bonchev–Trinajstić information content (AvgIpc) is 3.74. The van der Waals surface area contributed by atoms with Crippen molar-refractivity contribution in [3.63, 3.8) is 0 Å². The smallest absolute Gasteiger partial charge is 0.0434 e. The standard InChI is InChI=1S/C46H28S2/c1-3-7-29(8-4-1)31-11-15-33(16-12-31)35-19-25-43-41(27-35)39-23-21-38-37(45(39)47-43)22-24-40-42-28-36(20-26-44(42)48-46(38)40)34-17-13-32(14-18-34)30-9-5-2-6-10-30/h1-28H. The van der Waals surface area contributed by atoms with Gasteiger partial charge in [-0.3, -0.25) is 0 Å². The Morgan fingerprint density at radius 3 is 0.896 bits per heavy atom. The van der Waals surface area contributed by atoms with Gasteiger partial charge in [-0.05, 0) is 68.8 Å². The Morgan fingerprint density at radius 1 is 0.229 bits per heavy atom. The van der Waals surface area contributed by atoms with Crippen LogP contribution in [0.25, 0.3) is 95.6 Å². The first-order valence-electron chi connectivity index (χ1n) is 16.3. The molecule has 8 aromatic carbocycles. The van der Waals surface area contributed by atoms with E-state index >= 15 is 0 Å². The van der Waals surface area contributed by atoms with E-state index in [-0.39, 0.29) is 0 Å². The number of hydrogen-bond donors (Lipinski definition) is 0. The SMILES string of the molecule is c1ccc(-c2ccc(-c3ccc4sc5c(ccc6c5ccc5c7cc(-c8ccc(-c9ccccc9)cc8)ccc7sc56)c4c3)cc2)cc1. The Bertz CT molecular complexity index is 2590. The Labute approximate surface area is 286 Å². The monoisotopic (exact) mass is 644 g/mol. The first-order chi connectivity index (χ1) is 23.8. The Morgan fingerprint density at radius 2 is 0.521 bits per heavy atom. The summed E-state index contributed by atoms with van der Waals surface area (Å²) in [7, 11) is 0. The maximum Gasteiger partial charge on any atom is 0.0434 e. The van der Waals surface area contributed by atoms with Gasteiger partial charge in [0.05, 0.1) is 0 Å². The maximum absolute atomic E-state index is 2.38. The summed E-state index contributed by atoms with van der Waals surface area (Å²) >= 11 is 3.83. The van der Waals surface area contributed by atoms with Crippen LogP contribution in [0.2, 0.25) is 0 Å². The van der Waals surface area contributed by atoms with Crippen molar-refractivity contribution in [1.82, 2.24) is 0 Å². The molecule has 0 N–H and O–H groups in total. The normalized spacial score (nSPS) is 11.8. The van der Waals surface area contributed by atoms with Gasteiger partial charge in [-0.25, -0.2) is 0 Å². The molecule has 0 aliphatic rings. The third-order valence-electron chi connectivity index (χ3n) is 9.72. The van der Waals surface area contributed by atoms with Gasteiger partial charge in [0.25, 0.3) is 0 Å². The molecule has 0 radical (unpaired) electrons. The third kappa shape index (κ3) is 4.49. The Balaban J connectivity index is 1.04. The van der Waals surface area contributed by atoms with Gasteiger partial charge in [0.15, 0.2) is 0 Å². The molecule has 0 aliphatic heterocycles. The zero-order valence-electron chi connectivity index (χ0n) is 26.0. The van der Waals surface area contributed by atoms with E-state index in [1.54, 1.807) is 0 Å². The topological polar surface area (TPSA) is 0 Å². The van der Waals surface area contributed by atoms with Gasteiger partial charge < -0.3 is 0 Å². The van der Waals surface area contributed by atoms with E-state index in [1.165, 1.54) is 95.6 Å². The molecule has 0 nitrogen and oxygen atoms in total. The van der Waals surface area contributed by atoms with E-state index in [0.29, 0.717) is 0 Å². The van der Waals surface area contributed by atoms with E-state index in [4.69, 9.17) is 0 Å². The second-order valence-electron chi connectivity index (χ2n) is 12.5. The summed E-state index contributed by atoms with van der Waals surface area (Å²) in [5.41, 5.74) is 9.99. The first kappa shape index (κ1) is 27.6. The molecule has 2 heterocycles. The zero-order chi connectivity index (χ0) is 31.6. The fourth-order valence-corrected chi connectivity index (χ4v) is 9.63. The molecule has 0 amide bonds. The van der Waals surface area contributed by atoms with Crippen molar-refractivity contribution in [2.45, 2.75) is 0 Å². The average molecular weight is 645 g/mol. The molecule has 2 heteroatoms. The largest absolute Gasteiger partial charge is 0.135 e. The highest BCUT2D eigenvalue weighted by molar-refractivity contribution is 7.28. The molecule has 224 valence electrons. The molecule has 0 aliphatic carbocycles. The van der Waals surface area contributed by atoms with Crippen molar-refractivity contribution in [3.05, 3.63) is 170 Å². The highest BCUT2D eigenvalue weighted by Crippen LogP contribution is 2.45. The van der Waals surface area contributed by atoms with Crippen LogP contribution in [-0.2, 0) is 0 Å². The van der Waals surface area contributed by atoms with Crippen molar-refractivity contribution in [2.75, 3.05) is 0 Å². The molecule has 0 atom stereocenters. The summed E-state index contributed by atoms with van der Waals surface area (Å²) < 4.78 is 5.42. The van der Waals surface area contributed by atoms with Gasteiger partial charge in [0.2, 0.25) is 0 Å². The minimum Gasteiger partial charge on any atom is -0.135 e. The van der Waals surface area contributed by atoms with Crippen LogP contribution in [-0.4, -0.2) is 0 Å². The van der Waals surface area contributed by atoms with E-state index < -0.39 is 0 Å². The number of benzene rings is 8. The maximum atomic E-state index is 2.38. The van der Waals surface area contributed by atoms with Crippen LogP contribution in [0.4, 0.5) is 0 Å². The summed E-state index contributed by atoms with van der Waals surface area (Å²) in [5, 5.41) is 8.04. The fourth-order valence-electron chi connectivity index (χ4n) is 7.20. The van der Waals surface area contributed by atoms with Crippen molar-refractivity contribution in [2.24, 2.45) is 0 Å². The van der Waals surface area contributed by atoms with Gasteiger partial charge in [-0.15, -0.1) is 22.7 Å². The Hall–Kier alpha value is -5.54. The first-order valence-corrected chi connectivity index (χ1v) is 18.0. The molecule has 10 aromatic rings. The summed E-state index contributed by atoms with van der Waals surface area (Å²) in [5.74, 6) is 0. The molecular formula is C46H28S2. The minimum atomic E-state index is 1.24. The molecule has 0 fully saturated rings. The van der Waals surface area contributed by atoms with E-state index in [9.17, 15) is 0 Å². The van der Waals surface area contributed by atoms with Gasteiger partial charge in [0, 0.05) is 51.1 Å². The molecule has 0 unspecified atom stereocenters.